The van der Waals surface area contributed by atoms with Crippen LogP contribution in [0.3, 0.4) is 0 Å². The molecule has 0 radical (unpaired) electrons. The van der Waals surface area contributed by atoms with E-state index in [4.69, 9.17) is 11.5 Å². The van der Waals surface area contributed by atoms with Gasteiger partial charge in [0.1, 0.15) is 5.82 Å². The fraction of sp³-hybridized carbons (Fsp3) is 0.455. The van der Waals surface area contributed by atoms with Crippen LogP contribution in [0.5, 0.6) is 0 Å². The number of pyridine rings is 1. The summed E-state index contributed by atoms with van der Waals surface area (Å²) < 4.78 is 0. The lowest BCUT2D eigenvalue weighted by atomic mass is 10.1. The second kappa shape index (κ2) is 4.49. The number of carbonyl (C=O) groups excluding carboxylic acids is 1. The molecule has 0 spiro atoms. The first kappa shape index (κ1) is 10.9. The molecular formula is C11H16N4O. The van der Waals surface area contributed by atoms with Gasteiger partial charge in [-0.25, -0.2) is 4.98 Å². The van der Waals surface area contributed by atoms with Crippen molar-refractivity contribution in [3.8, 4) is 0 Å². The number of amides is 1. The molecule has 4 N–H and O–H groups in total. The van der Waals surface area contributed by atoms with Gasteiger partial charge in [0, 0.05) is 30.9 Å². The summed E-state index contributed by atoms with van der Waals surface area (Å²) in [5.41, 5.74) is 11.6. The SMILES string of the molecule is NC(=O)c1ccnc(N2CCC[C@@H](N)C2)c1. The molecule has 2 rings (SSSR count). The number of nitrogens with zero attached hydrogens (tertiary/aromatic N) is 2. The van der Waals surface area contributed by atoms with Crippen LogP contribution in [-0.4, -0.2) is 30.0 Å². The van der Waals surface area contributed by atoms with Gasteiger partial charge < -0.3 is 16.4 Å². The van der Waals surface area contributed by atoms with E-state index in [2.05, 4.69) is 9.88 Å². The lowest BCUT2D eigenvalue weighted by molar-refractivity contribution is 0.1000. The van der Waals surface area contributed by atoms with E-state index in [9.17, 15) is 4.79 Å². The standard InChI is InChI=1S/C11H16N4O/c12-9-2-1-5-15(7-9)10-6-8(11(13)16)3-4-14-10/h3-4,6,9H,1-2,5,7,12H2,(H2,13,16)/t9-/m1/s1. The molecule has 0 unspecified atom stereocenters. The van der Waals surface area contributed by atoms with Crippen molar-refractivity contribution in [2.45, 2.75) is 18.9 Å². The Balaban J connectivity index is 2.19. The van der Waals surface area contributed by atoms with Crippen LogP contribution in [-0.2, 0) is 0 Å². The van der Waals surface area contributed by atoms with Crippen LogP contribution in [0.25, 0.3) is 0 Å². The maximum Gasteiger partial charge on any atom is 0.248 e. The van der Waals surface area contributed by atoms with Gasteiger partial charge in [-0.2, -0.15) is 0 Å². The van der Waals surface area contributed by atoms with Gasteiger partial charge in [-0.3, -0.25) is 4.79 Å². The van der Waals surface area contributed by atoms with Crippen molar-refractivity contribution in [1.29, 1.82) is 0 Å². The molecule has 86 valence electrons. The molecule has 0 bridgehead atoms. The average Bonchev–Trinajstić information content (AvgIpc) is 2.29. The molecule has 2 heterocycles. The smallest absolute Gasteiger partial charge is 0.248 e. The number of carbonyl (C=O) groups is 1. The van der Waals surface area contributed by atoms with Crippen LogP contribution < -0.4 is 16.4 Å². The largest absolute Gasteiger partial charge is 0.366 e. The Hall–Kier alpha value is -1.62. The zero-order chi connectivity index (χ0) is 11.5. The zero-order valence-electron chi connectivity index (χ0n) is 9.10. The summed E-state index contributed by atoms with van der Waals surface area (Å²) >= 11 is 0. The summed E-state index contributed by atoms with van der Waals surface area (Å²) in [7, 11) is 0. The first-order chi connectivity index (χ1) is 7.66. The number of hydrogen-bond donors (Lipinski definition) is 2. The minimum Gasteiger partial charge on any atom is -0.366 e. The molecule has 16 heavy (non-hydrogen) atoms. The molecule has 0 aliphatic carbocycles. The van der Waals surface area contributed by atoms with Gasteiger partial charge in [0.25, 0.3) is 0 Å². The van der Waals surface area contributed by atoms with Crippen LogP contribution in [0.4, 0.5) is 5.82 Å². The fourth-order valence-corrected chi connectivity index (χ4v) is 1.96. The van der Waals surface area contributed by atoms with Crippen molar-refractivity contribution in [3.05, 3.63) is 23.9 Å². The van der Waals surface area contributed by atoms with Crippen LogP contribution in [0.1, 0.15) is 23.2 Å². The second-order valence-corrected chi connectivity index (χ2v) is 4.12. The van der Waals surface area contributed by atoms with Gasteiger partial charge in [0.2, 0.25) is 5.91 Å². The highest BCUT2D eigenvalue weighted by Crippen LogP contribution is 2.17. The van der Waals surface area contributed by atoms with Gasteiger partial charge in [0.15, 0.2) is 0 Å². The molecule has 1 aliphatic rings. The van der Waals surface area contributed by atoms with Gasteiger partial charge in [0.05, 0.1) is 0 Å². The summed E-state index contributed by atoms with van der Waals surface area (Å²) in [5, 5.41) is 0. The number of nitrogens with two attached hydrogens (primary N) is 2. The monoisotopic (exact) mass is 220 g/mol. The lowest BCUT2D eigenvalue weighted by Crippen LogP contribution is -2.43. The summed E-state index contributed by atoms with van der Waals surface area (Å²) in [5.74, 6) is 0.358. The van der Waals surface area contributed by atoms with Crippen molar-refractivity contribution in [1.82, 2.24) is 4.98 Å². The minimum atomic E-state index is -0.426. The van der Waals surface area contributed by atoms with E-state index in [0.717, 1.165) is 31.7 Å². The number of anilines is 1. The third-order valence-electron chi connectivity index (χ3n) is 2.81. The third kappa shape index (κ3) is 2.30. The molecule has 1 atom stereocenters. The maximum absolute atomic E-state index is 11.1. The summed E-state index contributed by atoms with van der Waals surface area (Å²) in [6.07, 6.45) is 3.71. The number of rotatable bonds is 2. The molecule has 1 fully saturated rings. The van der Waals surface area contributed by atoms with E-state index >= 15 is 0 Å². The summed E-state index contributed by atoms with van der Waals surface area (Å²) in [6, 6.07) is 3.53. The van der Waals surface area contributed by atoms with Crippen molar-refractivity contribution in [3.63, 3.8) is 0 Å². The molecule has 1 aliphatic heterocycles. The Morgan fingerprint density at radius 2 is 2.38 bits per heavy atom. The van der Waals surface area contributed by atoms with Crippen LogP contribution in [0, 0.1) is 0 Å². The Morgan fingerprint density at radius 1 is 1.56 bits per heavy atom. The van der Waals surface area contributed by atoms with E-state index in [1.54, 1.807) is 18.3 Å². The van der Waals surface area contributed by atoms with Crippen molar-refractivity contribution in [2.75, 3.05) is 18.0 Å². The topological polar surface area (TPSA) is 85.2 Å². The van der Waals surface area contributed by atoms with E-state index < -0.39 is 5.91 Å². The van der Waals surface area contributed by atoms with Crippen molar-refractivity contribution >= 4 is 11.7 Å². The minimum absolute atomic E-state index is 0.188. The van der Waals surface area contributed by atoms with E-state index in [1.165, 1.54) is 0 Å². The second-order valence-electron chi connectivity index (χ2n) is 4.12. The van der Waals surface area contributed by atoms with E-state index in [-0.39, 0.29) is 6.04 Å². The molecule has 0 saturated carbocycles. The van der Waals surface area contributed by atoms with Crippen LogP contribution >= 0.6 is 0 Å². The summed E-state index contributed by atoms with van der Waals surface area (Å²) in [4.78, 5) is 17.4. The molecule has 0 aromatic carbocycles. The molecule has 5 heteroatoms. The van der Waals surface area contributed by atoms with Crippen molar-refractivity contribution in [2.24, 2.45) is 11.5 Å². The van der Waals surface area contributed by atoms with Gasteiger partial charge in [-0.05, 0) is 25.0 Å². The lowest BCUT2D eigenvalue weighted by Gasteiger charge is -2.31. The maximum atomic E-state index is 11.1. The number of aromatic nitrogens is 1. The highest BCUT2D eigenvalue weighted by molar-refractivity contribution is 5.93. The van der Waals surface area contributed by atoms with Gasteiger partial charge in [-0.15, -0.1) is 0 Å². The zero-order valence-corrected chi connectivity index (χ0v) is 9.10. The molecule has 5 nitrogen and oxygen atoms in total. The third-order valence-corrected chi connectivity index (χ3v) is 2.81. The number of primary amides is 1. The predicted molar refractivity (Wildman–Crippen MR) is 62.2 cm³/mol. The first-order valence-electron chi connectivity index (χ1n) is 5.43. The quantitative estimate of drug-likeness (QED) is 0.740. The summed E-state index contributed by atoms with van der Waals surface area (Å²) in [6.45, 7) is 1.72. The van der Waals surface area contributed by atoms with Gasteiger partial charge in [-0.1, -0.05) is 0 Å². The molecule has 1 aromatic heterocycles. The van der Waals surface area contributed by atoms with Gasteiger partial charge >= 0.3 is 0 Å². The fourth-order valence-electron chi connectivity index (χ4n) is 1.96. The normalized spacial score (nSPS) is 20.8. The Kier molecular flexibility index (Phi) is 3.05. The van der Waals surface area contributed by atoms with E-state index in [1.807, 2.05) is 0 Å². The predicted octanol–water partition coefficient (Wildman–Crippen LogP) is 0.108. The first-order valence-corrected chi connectivity index (χ1v) is 5.43. The molecular weight excluding hydrogens is 204 g/mol. The number of piperidine rings is 1. The average molecular weight is 220 g/mol. The van der Waals surface area contributed by atoms with Crippen molar-refractivity contribution < 1.29 is 4.79 Å². The Labute approximate surface area is 94.4 Å². The molecule has 1 saturated heterocycles. The Bertz CT molecular complexity index is 393. The highest BCUT2D eigenvalue weighted by atomic mass is 16.1. The van der Waals surface area contributed by atoms with E-state index in [0.29, 0.717) is 5.56 Å². The molecule has 1 aromatic rings. The highest BCUT2D eigenvalue weighted by Gasteiger charge is 2.18. The molecule has 1 amide bonds. The Morgan fingerprint density at radius 3 is 3.06 bits per heavy atom. The number of hydrogen-bond acceptors (Lipinski definition) is 4. The van der Waals surface area contributed by atoms with Crippen LogP contribution in [0.2, 0.25) is 0 Å². The van der Waals surface area contributed by atoms with Crippen LogP contribution in [0.15, 0.2) is 18.3 Å².